The fraction of sp³-hybridized carbons (Fsp3) is 0.824. The van der Waals surface area contributed by atoms with Crippen LogP contribution in [0.4, 0.5) is 0 Å². The first-order valence-electron chi connectivity index (χ1n) is 8.06. The van der Waals surface area contributed by atoms with E-state index in [1.807, 2.05) is 4.90 Å². The van der Waals surface area contributed by atoms with Crippen molar-refractivity contribution in [3.63, 3.8) is 0 Å². The van der Waals surface area contributed by atoms with Gasteiger partial charge in [-0.2, -0.15) is 0 Å². The van der Waals surface area contributed by atoms with Crippen LogP contribution in [0.25, 0.3) is 0 Å². The highest BCUT2D eigenvalue weighted by Gasteiger charge is 2.32. The van der Waals surface area contributed by atoms with Gasteiger partial charge in [0.1, 0.15) is 0 Å². The summed E-state index contributed by atoms with van der Waals surface area (Å²) in [5.74, 6) is 0.249. The van der Waals surface area contributed by atoms with Gasteiger partial charge in [-0.3, -0.25) is 4.79 Å². The molecule has 0 radical (unpaired) electrons. The summed E-state index contributed by atoms with van der Waals surface area (Å²) in [4.78, 5) is 14.4. The van der Waals surface area contributed by atoms with Gasteiger partial charge in [-0.1, -0.05) is 51.7 Å². The molecule has 0 atom stereocenters. The predicted octanol–water partition coefficient (Wildman–Crippen LogP) is 3.24. The summed E-state index contributed by atoms with van der Waals surface area (Å²) in [5, 5.41) is 0. The Morgan fingerprint density at radius 2 is 1.95 bits per heavy atom. The Morgan fingerprint density at radius 3 is 2.45 bits per heavy atom. The SMILES string of the molecule is CC(C)(C)C1=CCN(C(=O)CC2(N)CCCCC2)CC1. The second kappa shape index (κ2) is 5.88. The Labute approximate surface area is 123 Å². The normalized spacial score (nSPS) is 23.4. The van der Waals surface area contributed by atoms with E-state index in [0.29, 0.717) is 6.42 Å². The minimum Gasteiger partial charge on any atom is -0.339 e. The van der Waals surface area contributed by atoms with Crippen LogP contribution in [0.5, 0.6) is 0 Å². The summed E-state index contributed by atoms with van der Waals surface area (Å²) in [6.07, 6.45) is 9.43. The van der Waals surface area contributed by atoms with E-state index in [0.717, 1.165) is 32.4 Å². The molecule has 3 nitrogen and oxygen atoms in total. The van der Waals surface area contributed by atoms with Crippen LogP contribution in [-0.2, 0) is 4.79 Å². The van der Waals surface area contributed by atoms with Crippen molar-refractivity contribution in [2.75, 3.05) is 13.1 Å². The molecule has 1 aliphatic carbocycles. The van der Waals surface area contributed by atoms with Gasteiger partial charge in [0.05, 0.1) is 0 Å². The highest BCUT2D eigenvalue weighted by Crippen LogP contribution is 2.32. The molecular formula is C17H30N2O. The van der Waals surface area contributed by atoms with Crippen LogP contribution in [0.1, 0.15) is 65.7 Å². The third-order valence-electron chi connectivity index (χ3n) is 4.88. The molecule has 0 aromatic heterocycles. The van der Waals surface area contributed by atoms with E-state index in [1.54, 1.807) is 0 Å². The molecule has 0 saturated heterocycles. The van der Waals surface area contributed by atoms with Gasteiger partial charge < -0.3 is 10.6 Å². The van der Waals surface area contributed by atoms with Crippen molar-refractivity contribution in [1.82, 2.24) is 4.90 Å². The molecule has 2 rings (SSSR count). The summed E-state index contributed by atoms with van der Waals surface area (Å²) in [5.41, 5.74) is 7.87. The van der Waals surface area contributed by atoms with Crippen LogP contribution in [0.2, 0.25) is 0 Å². The van der Waals surface area contributed by atoms with Gasteiger partial charge in [0.2, 0.25) is 5.91 Å². The summed E-state index contributed by atoms with van der Waals surface area (Å²) in [7, 11) is 0. The van der Waals surface area contributed by atoms with Gasteiger partial charge in [0, 0.05) is 25.0 Å². The molecule has 0 aromatic carbocycles. The second-order valence-electron chi connectivity index (χ2n) is 7.67. The zero-order chi connectivity index (χ0) is 14.8. The van der Waals surface area contributed by atoms with Gasteiger partial charge in [0.25, 0.3) is 0 Å². The standard InChI is InChI=1S/C17H30N2O/c1-16(2,3)14-7-11-19(12-8-14)15(20)13-17(18)9-5-4-6-10-17/h7H,4-6,8-13,18H2,1-3H3. The zero-order valence-corrected chi connectivity index (χ0v) is 13.4. The molecule has 3 heteroatoms. The van der Waals surface area contributed by atoms with Gasteiger partial charge in [-0.25, -0.2) is 0 Å². The molecule has 2 aliphatic rings. The van der Waals surface area contributed by atoms with Crippen LogP contribution in [0, 0.1) is 5.41 Å². The summed E-state index contributed by atoms with van der Waals surface area (Å²) in [6.45, 7) is 8.35. The lowest BCUT2D eigenvalue weighted by molar-refractivity contribution is -0.132. The fourth-order valence-electron chi connectivity index (χ4n) is 3.42. The predicted molar refractivity (Wildman–Crippen MR) is 83.4 cm³/mol. The summed E-state index contributed by atoms with van der Waals surface area (Å²) in [6, 6.07) is 0. The molecule has 0 aromatic rings. The molecule has 1 saturated carbocycles. The molecule has 1 amide bonds. The number of hydrogen-bond donors (Lipinski definition) is 1. The maximum atomic E-state index is 12.4. The van der Waals surface area contributed by atoms with Crippen LogP contribution in [-0.4, -0.2) is 29.4 Å². The Kier molecular flexibility index (Phi) is 4.58. The van der Waals surface area contributed by atoms with Gasteiger partial charge in [0.15, 0.2) is 0 Å². The number of carbonyl (C=O) groups is 1. The lowest BCUT2D eigenvalue weighted by atomic mass is 9.79. The Hall–Kier alpha value is -0.830. The maximum absolute atomic E-state index is 12.4. The Balaban J connectivity index is 1.90. The van der Waals surface area contributed by atoms with Gasteiger partial charge in [-0.05, 0) is 24.7 Å². The summed E-state index contributed by atoms with van der Waals surface area (Å²) < 4.78 is 0. The van der Waals surface area contributed by atoms with Crippen molar-refractivity contribution in [2.24, 2.45) is 11.1 Å². The van der Waals surface area contributed by atoms with E-state index in [9.17, 15) is 4.79 Å². The average molecular weight is 278 g/mol. The van der Waals surface area contributed by atoms with Crippen molar-refractivity contribution in [3.05, 3.63) is 11.6 Å². The molecule has 1 aliphatic heterocycles. The third-order valence-corrected chi connectivity index (χ3v) is 4.88. The van der Waals surface area contributed by atoms with Crippen LogP contribution in [0.3, 0.4) is 0 Å². The van der Waals surface area contributed by atoms with Crippen LogP contribution >= 0.6 is 0 Å². The molecular weight excluding hydrogens is 248 g/mol. The molecule has 20 heavy (non-hydrogen) atoms. The Morgan fingerprint density at radius 1 is 1.30 bits per heavy atom. The number of carbonyl (C=O) groups excluding carboxylic acids is 1. The lowest BCUT2D eigenvalue weighted by Gasteiger charge is -2.37. The fourth-order valence-corrected chi connectivity index (χ4v) is 3.42. The van der Waals surface area contributed by atoms with Crippen molar-refractivity contribution in [3.8, 4) is 0 Å². The molecule has 114 valence electrons. The first kappa shape index (κ1) is 15.6. The minimum absolute atomic E-state index is 0.230. The molecule has 2 N–H and O–H groups in total. The average Bonchev–Trinajstić information content (AvgIpc) is 2.38. The monoisotopic (exact) mass is 278 g/mol. The molecule has 0 unspecified atom stereocenters. The summed E-state index contributed by atoms with van der Waals surface area (Å²) >= 11 is 0. The quantitative estimate of drug-likeness (QED) is 0.788. The molecule has 0 bridgehead atoms. The highest BCUT2D eigenvalue weighted by atomic mass is 16.2. The number of hydrogen-bond acceptors (Lipinski definition) is 2. The molecule has 0 spiro atoms. The van der Waals surface area contributed by atoms with Crippen molar-refractivity contribution < 1.29 is 4.79 Å². The van der Waals surface area contributed by atoms with E-state index in [1.165, 1.54) is 24.8 Å². The lowest BCUT2D eigenvalue weighted by Crippen LogP contribution is -2.47. The number of amides is 1. The van der Waals surface area contributed by atoms with E-state index < -0.39 is 0 Å². The smallest absolute Gasteiger partial charge is 0.224 e. The van der Waals surface area contributed by atoms with E-state index in [4.69, 9.17) is 5.73 Å². The van der Waals surface area contributed by atoms with Crippen molar-refractivity contribution in [1.29, 1.82) is 0 Å². The maximum Gasteiger partial charge on any atom is 0.224 e. The first-order chi connectivity index (χ1) is 9.30. The third kappa shape index (κ3) is 3.85. The van der Waals surface area contributed by atoms with Crippen LogP contribution in [0.15, 0.2) is 11.6 Å². The molecule has 1 fully saturated rings. The van der Waals surface area contributed by atoms with E-state index in [-0.39, 0.29) is 16.9 Å². The number of nitrogens with zero attached hydrogens (tertiary/aromatic N) is 1. The number of rotatable bonds is 2. The van der Waals surface area contributed by atoms with Crippen molar-refractivity contribution >= 4 is 5.91 Å². The van der Waals surface area contributed by atoms with E-state index >= 15 is 0 Å². The topological polar surface area (TPSA) is 46.3 Å². The minimum atomic E-state index is -0.233. The van der Waals surface area contributed by atoms with E-state index in [2.05, 4.69) is 26.8 Å². The second-order valence-corrected chi connectivity index (χ2v) is 7.67. The van der Waals surface area contributed by atoms with Gasteiger partial charge >= 0.3 is 0 Å². The zero-order valence-electron chi connectivity index (χ0n) is 13.4. The largest absolute Gasteiger partial charge is 0.339 e. The van der Waals surface area contributed by atoms with Crippen molar-refractivity contribution in [2.45, 2.75) is 71.3 Å². The molecule has 1 heterocycles. The highest BCUT2D eigenvalue weighted by molar-refractivity contribution is 5.78. The first-order valence-corrected chi connectivity index (χ1v) is 8.06. The van der Waals surface area contributed by atoms with Gasteiger partial charge in [-0.15, -0.1) is 0 Å². The number of nitrogens with two attached hydrogens (primary N) is 1. The Bertz CT molecular complexity index is 386. The van der Waals surface area contributed by atoms with Crippen LogP contribution < -0.4 is 5.73 Å².